The van der Waals surface area contributed by atoms with Gasteiger partial charge in [-0.2, -0.15) is 0 Å². The Kier molecular flexibility index (Phi) is 5.16. The number of nitrogens with one attached hydrogen (secondary N) is 1. The average molecular weight is 278 g/mol. The predicted octanol–water partition coefficient (Wildman–Crippen LogP) is 2.65. The van der Waals surface area contributed by atoms with E-state index in [1.807, 2.05) is 0 Å². The van der Waals surface area contributed by atoms with Crippen molar-refractivity contribution in [1.82, 2.24) is 4.90 Å². The lowest BCUT2D eigenvalue weighted by molar-refractivity contribution is 0.162. The van der Waals surface area contributed by atoms with E-state index in [-0.39, 0.29) is 6.61 Å². The van der Waals surface area contributed by atoms with E-state index in [2.05, 4.69) is 41.4 Å². The van der Waals surface area contributed by atoms with Crippen LogP contribution in [-0.4, -0.2) is 34.8 Å². The summed E-state index contributed by atoms with van der Waals surface area (Å²) >= 11 is 5.45. The summed E-state index contributed by atoms with van der Waals surface area (Å²) in [5.74, 6) is 0.357. The number of aryl methyl sites for hydroxylation is 1. The zero-order chi connectivity index (χ0) is 13.7. The number of hydrogen-bond acceptors (Lipinski definition) is 2. The maximum Gasteiger partial charge on any atom is 0.173 e. The summed E-state index contributed by atoms with van der Waals surface area (Å²) in [5, 5.41) is 13.3. The van der Waals surface area contributed by atoms with E-state index >= 15 is 0 Å². The minimum atomic E-state index is 0.254. The van der Waals surface area contributed by atoms with Crippen LogP contribution in [0.4, 0.5) is 5.69 Å². The summed E-state index contributed by atoms with van der Waals surface area (Å²) in [6.45, 7) is 4.24. The highest BCUT2D eigenvalue weighted by Crippen LogP contribution is 2.17. The molecule has 4 heteroatoms. The van der Waals surface area contributed by atoms with Crippen molar-refractivity contribution in [3.63, 3.8) is 0 Å². The van der Waals surface area contributed by atoms with Gasteiger partial charge in [-0.3, -0.25) is 0 Å². The minimum absolute atomic E-state index is 0.254. The second kappa shape index (κ2) is 6.87. The van der Waals surface area contributed by atoms with E-state index in [0.29, 0.717) is 5.92 Å². The molecule has 1 heterocycles. The molecule has 1 saturated heterocycles. The molecule has 0 bridgehead atoms. The summed E-state index contributed by atoms with van der Waals surface area (Å²) < 4.78 is 0. The molecule has 0 saturated carbocycles. The van der Waals surface area contributed by atoms with Crippen LogP contribution in [-0.2, 0) is 6.42 Å². The Labute approximate surface area is 120 Å². The first-order valence-electron chi connectivity index (χ1n) is 6.98. The summed E-state index contributed by atoms with van der Waals surface area (Å²) in [6.07, 6.45) is 3.25. The van der Waals surface area contributed by atoms with Crippen LogP contribution in [0.25, 0.3) is 0 Å². The third-order valence-corrected chi connectivity index (χ3v) is 4.04. The Hall–Kier alpha value is -1.13. The van der Waals surface area contributed by atoms with Gasteiger partial charge in [-0.05, 0) is 55.1 Å². The molecule has 0 aromatic heterocycles. The third-order valence-electron chi connectivity index (χ3n) is 3.68. The fourth-order valence-corrected chi connectivity index (χ4v) is 2.71. The normalized spacial score (nSPS) is 19.3. The molecule has 1 aliphatic heterocycles. The Morgan fingerprint density at radius 1 is 1.42 bits per heavy atom. The van der Waals surface area contributed by atoms with Gasteiger partial charge in [0.25, 0.3) is 0 Å². The molecule has 0 aliphatic carbocycles. The minimum Gasteiger partial charge on any atom is -0.396 e. The van der Waals surface area contributed by atoms with Crippen LogP contribution >= 0.6 is 12.2 Å². The number of anilines is 1. The number of aliphatic hydroxyl groups is 1. The van der Waals surface area contributed by atoms with Gasteiger partial charge < -0.3 is 15.3 Å². The van der Waals surface area contributed by atoms with Crippen LogP contribution < -0.4 is 5.32 Å². The number of likely N-dealkylation sites (tertiary alicyclic amines) is 1. The van der Waals surface area contributed by atoms with E-state index in [1.54, 1.807) is 0 Å². The summed E-state index contributed by atoms with van der Waals surface area (Å²) in [6, 6.07) is 8.38. The molecule has 1 fully saturated rings. The summed E-state index contributed by atoms with van der Waals surface area (Å²) in [4.78, 5) is 2.16. The van der Waals surface area contributed by atoms with Gasteiger partial charge in [-0.1, -0.05) is 19.1 Å². The number of thiocarbonyl (C=S) groups is 1. The predicted molar refractivity (Wildman–Crippen MR) is 83.4 cm³/mol. The Balaban J connectivity index is 1.92. The van der Waals surface area contributed by atoms with Crippen LogP contribution in [0.1, 0.15) is 25.3 Å². The van der Waals surface area contributed by atoms with E-state index in [4.69, 9.17) is 12.2 Å². The molecule has 1 aliphatic rings. The second-order valence-electron chi connectivity index (χ2n) is 5.12. The molecular formula is C15H22N2OS. The number of hydrogen-bond donors (Lipinski definition) is 2. The van der Waals surface area contributed by atoms with Gasteiger partial charge in [0, 0.05) is 25.4 Å². The number of piperidine rings is 1. The highest BCUT2D eigenvalue weighted by molar-refractivity contribution is 7.80. The van der Waals surface area contributed by atoms with Crippen LogP contribution in [0, 0.1) is 5.92 Å². The van der Waals surface area contributed by atoms with E-state index in [1.165, 1.54) is 5.56 Å². The molecule has 1 aromatic carbocycles. The molecule has 2 N–H and O–H groups in total. The maximum absolute atomic E-state index is 9.25. The van der Waals surface area contributed by atoms with Crippen molar-refractivity contribution in [2.45, 2.75) is 26.2 Å². The SMILES string of the molecule is CCc1ccc(NC(=S)N2CCC[C@H](CO)C2)cc1. The molecule has 0 amide bonds. The molecule has 0 spiro atoms. The maximum atomic E-state index is 9.25. The van der Waals surface area contributed by atoms with E-state index in [0.717, 1.165) is 43.2 Å². The lowest BCUT2D eigenvalue weighted by Gasteiger charge is -2.33. The van der Waals surface area contributed by atoms with Gasteiger partial charge in [0.1, 0.15) is 0 Å². The van der Waals surface area contributed by atoms with Crippen LogP contribution in [0.2, 0.25) is 0 Å². The molecular weight excluding hydrogens is 256 g/mol. The molecule has 104 valence electrons. The first kappa shape index (κ1) is 14.3. The average Bonchev–Trinajstić information content (AvgIpc) is 2.48. The second-order valence-corrected chi connectivity index (χ2v) is 5.50. The zero-order valence-electron chi connectivity index (χ0n) is 11.4. The molecule has 0 radical (unpaired) electrons. The fraction of sp³-hybridized carbons (Fsp3) is 0.533. The van der Waals surface area contributed by atoms with Gasteiger partial charge in [-0.25, -0.2) is 0 Å². The Bertz CT molecular complexity index is 419. The first-order valence-corrected chi connectivity index (χ1v) is 7.39. The highest BCUT2D eigenvalue weighted by Gasteiger charge is 2.20. The van der Waals surface area contributed by atoms with Crippen molar-refractivity contribution in [1.29, 1.82) is 0 Å². The van der Waals surface area contributed by atoms with Crippen molar-refractivity contribution in [2.24, 2.45) is 5.92 Å². The van der Waals surface area contributed by atoms with Crippen LogP contribution in [0.3, 0.4) is 0 Å². The lowest BCUT2D eigenvalue weighted by atomic mass is 9.99. The Morgan fingerprint density at radius 2 is 2.16 bits per heavy atom. The smallest absolute Gasteiger partial charge is 0.173 e. The largest absolute Gasteiger partial charge is 0.396 e. The first-order chi connectivity index (χ1) is 9.22. The zero-order valence-corrected chi connectivity index (χ0v) is 12.2. The standard InChI is InChI=1S/C15H22N2OS/c1-2-12-5-7-14(8-6-12)16-15(19)17-9-3-4-13(10-17)11-18/h5-8,13,18H,2-4,9-11H2,1H3,(H,16,19)/t13-/m0/s1. The van der Waals surface area contributed by atoms with Crippen LogP contribution in [0.15, 0.2) is 24.3 Å². The Morgan fingerprint density at radius 3 is 2.79 bits per heavy atom. The highest BCUT2D eigenvalue weighted by atomic mass is 32.1. The topological polar surface area (TPSA) is 35.5 Å². The number of aliphatic hydroxyl groups excluding tert-OH is 1. The van der Waals surface area contributed by atoms with E-state index in [9.17, 15) is 5.11 Å². The quantitative estimate of drug-likeness (QED) is 0.833. The monoisotopic (exact) mass is 278 g/mol. The van der Waals surface area contributed by atoms with Crippen molar-refractivity contribution in [3.8, 4) is 0 Å². The summed E-state index contributed by atoms with van der Waals surface area (Å²) in [7, 11) is 0. The lowest BCUT2D eigenvalue weighted by Crippen LogP contribution is -2.43. The number of benzene rings is 1. The number of nitrogens with zero attached hydrogens (tertiary/aromatic N) is 1. The van der Waals surface area contributed by atoms with Crippen LogP contribution in [0.5, 0.6) is 0 Å². The molecule has 1 atom stereocenters. The molecule has 2 rings (SSSR count). The molecule has 3 nitrogen and oxygen atoms in total. The van der Waals surface area contributed by atoms with E-state index < -0.39 is 0 Å². The molecule has 19 heavy (non-hydrogen) atoms. The molecule has 0 unspecified atom stereocenters. The number of rotatable bonds is 3. The van der Waals surface area contributed by atoms with Crippen molar-refractivity contribution in [3.05, 3.63) is 29.8 Å². The fourth-order valence-electron chi connectivity index (χ4n) is 2.42. The third kappa shape index (κ3) is 3.91. The molecule has 1 aromatic rings. The van der Waals surface area contributed by atoms with Gasteiger partial charge in [0.15, 0.2) is 5.11 Å². The van der Waals surface area contributed by atoms with Crippen molar-refractivity contribution >= 4 is 23.0 Å². The van der Waals surface area contributed by atoms with Gasteiger partial charge >= 0.3 is 0 Å². The summed E-state index contributed by atoms with van der Waals surface area (Å²) in [5.41, 5.74) is 2.36. The van der Waals surface area contributed by atoms with Crippen molar-refractivity contribution in [2.75, 3.05) is 25.0 Å². The van der Waals surface area contributed by atoms with Gasteiger partial charge in [0.2, 0.25) is 0 Å². The van der Waals surface area contributed by atoms with Gasteiger partial charge in [0.05, 0.1) is 0 Å². The van der Waals surface area contributed by atoms with Crippen molar-refractivity contribution < 1.29 is 5.11 Å². The van der Waals surface area contributed by atoms with Gasteiger partial charge in [-0.15, -0.1) is 0 Å².